The second-order valence-corrected chi connectivity index (χ2v) is 7.57. The zero-order chi connectivity index (χ0) is 13.1. The first kappa shape index (κ1) is 14.2. The van der Waals surface area contributed by atoms with E-state index in [9.17, 15) is 0 Å². The first-order valence-electron chi connectivity index (χ1n) is 7.86. The van der Waals surface area contributed by atoms with Gasteiger partial charge in [-0.15, -0.1) is 0 Å². The van der Waals surface area contributed by atoms with Crippen LogP contribution in [-0.4, -0.2) is 42.5 Å². The van der Waals surface area contributed by atoms with Gasteiger partial charge in [-0.1, -0.05) is 0 Å². The van der Waals surface area contributed by atoms with E-state index in [-0.39, 0.29) is 5.60 Å². The van der Waals surface area contributed by atoms with Gasteiger partial charge in [0.1, 0.15) is 0 Å². The molecule has 3 aliphatic rings. The molecular weight excluding hydrogens is 258 g/mol. The van der Waals surface area contributed by atoms with Crippen LogP contribution in [0.5, 0.6) is 0 Å². The van der Waals surface area contributed by atoms with E-state index < -0.39 is 0 Å². The first-order chi connectivity index (χ1) is 9.27. The maximum Gasteiger partial charge on any atom is 0.0783 e. The summed E-state index contributed by atoms with van der Waals surface area (Å²) in [4.78, 5) is 0. The molecule has 4 heteroatoms. The van der Waals surface area contributed by atoms with Gasteiger partial charge < -0.3 is 15.2 Å². The number of hydrogen-bond acceptors (Lipinski definition) is 4. The van der Waals surface area contributed by atoms with Crippen molar-refractivity contribution in [1.29, 1.82) is 0 Å². The van der Waals surface area contributed by atoms with Crippen LogP contribution >= 0.6 is 11.8 Å². The van der Waals surface area contributed by atoms with E-state index in [2.05, 4.69) is 0 Å². The average Bonchev–Trinajstić information content (AvgIpc) is 3.08. The van der Waals surface area contributed by atoms with Crippen LogP contribution in [0.25, 0.3) is 0 Å². The molecule has 0 aromatic rings. The summed E-state index contributed by atoms with van der Waals surface area (Å²) in [6.07, 6.45) is 8.80. The van der Waals surface area contributed by atoms with Crippen LogP contribution in [-0.2, 0) is 9.47 Å². The van der Waals surface area contributed by atoms with Crippen molar-refractivity contribution >= 4 is 11.8 Å². The molecule has 2 N–H and O–H groups in total. The maximum atomic E-state index is 6.46. The Bertz CT molecular complexity index is 288. The Balaban J connectivity index is 1.47. The molecule has 110 valence electrons. The molecule has 19 heavy (non-hydrogen) atoms. The summed E-state index contributed by atoms with van der Waals surface area (Å²) in [6.45, 7) is 1.87. The quantitative estimate of drug-likeness (QED) is 0.862. The van der Waals surface area contributed by atoms with Gasteiger partial charge >= 0.3 is 0 Å². The lowest BCUT2D eigenvalue weighted by Gasteiger charge is -2.40. The number of rotatable bonds is 4. The summed E-state index contributed by atoms with van der Waals surface area (Å²) in [6, 6.07) is 0.343. The number of thioether (sulfide) groups is 1. The van der Waals surface area contributed by atoms with Crippen molar-refractivity contribution in [2.24, 2.45) is 11.7 Å². The second-order valence-electron chi connectivity index (χ2n) is 6.46. The van der Waals surface area contributed by atoms with E-state index in [1.807, 2.05) is 11.8 Å². The summed E-state index contributed by atoms with van der Waals surface area (Å²) in [5.41, 5.74) is 6.64. The molecule has 0 radical (unpaired) electrons. The summed E-state index contributed by atoms with van der Waals surface area (Å²) in [7, 11) is 0. The highest BCUT2D eigenvalue weighted by molar-refractivity contribution is 7.99. The summed E-state index contributed by atoms with van der Waals surface area (Å²) in [5, 5.41) is 0. The molecule has 0 amide bonds. The highest BCUT2D eigenvalue weighted by Gasteiger charge is 2.41. The SMILES string of the molecule is NC(CCC1CCCO1)C1CCOC2(CCSC2)C1. The van der Waals surface area contributed by atoms with Gasteiger partial charge in [-0.05, 0) is 56.6 Å². The first-order valence-corrected chi connectivity index (χ1v) is 9.02. The average molecular weight is 285 g/mol. The number of hydrogen-bond donors (Lipinski definition) is 1. The van der Waals surface area contributed by atoms with Crippen molar-refractivity contribution in [1.82, 2.24) is 0 Å². The van der Waals surface area contributed by atoms with Crippen LogP contribution in [0.1, 0.15) is 44.9 Å². The van der Waals surface area contributed by atoms with Crippen LogP contribution in [0.15, 0.2) is 0 Å². The minimum Gasteiger partial charge on any atom is -0.378 e. The van der Waals surface area contributed by atoms with Crippen LogP contribution in [0.3, 0.4) is 0 Å². The molecule has 0 aromatic carbocycles. The zero-order valence-electron chi connectivity index (χ0n) is 11.8. The topological polar surface area (TPSA) is 44.5 Å². The van der Waals surface area contributed by atoms with E-state index in [4.69, 9.17) is 15.2 Å². The monoisotopic (exact) mass is 285 g/mol. The molecular formula is C15H27NO2S. The van der Waals surface area contributed by atoms with E-state index in [0.29, 0.717) is 18.1 Å². The predicted molar refractivity (Wildman–Crippen MR) is 79.5 cm³/mol. The lowest BCUT2D eigenvalue weighted by atomic mass is 9.80. The third-order valence-electron chi connectivity index (χ3n) is 5.05. The highest BCUT2D eigenvalue weighted by atomic mass is 32.2. The van der Waals surface area contributed by atoms with Gasteiger partial charge in [0, 0.05) is 25.0 Å². The summed E-state index contributed by atoms with van der Waals surface area (Å²) >= 11 is 2.04. The molecule has 3 aliphatic heterocycles. The number of nitrogens with two attached hydrogens (primary N) is 1. The van der Waals surface area contributed by atoms with Gasteiger partial charge in [0.05, 0.1) is 11.7 Å². The van der Waals surface area contributed by atoms with Crippen molar-refractivity contribution in [2.75, 3.05) is 24.7 Å². The Morgan fingerprint density at radius 1 is 1.32 bits per heavy atom. The molecule has 1 spiro atoms. The van der Waals surface area contributed by atoms with Crippen molar-refractivity contribution in [3.63, 3.8) is 0 Å². The van der Waals surface area contributed by atoms with E-state index in [1.54, 1.807) is 0 Å². The van der Waals surface area contributed by atoms with Gasteiger partial charge in [-0.3, -0.25) is 0 Å². The van der Waals surface area contributed by atoms with Crippen molar-refractivity contribution < 1.29 is 9.47 Å². The fraction of sp³-hybridized carbons (Fsp3) is 1.00. The molecule has 3 saturated heterocycles. The third kappa shape index (κ3) is 3.46. The summed E-state index contributed by atoms with van der Waals surface area (Å²) in [5.74, 6) is 3.11. The van der Waals surface area contributed by atoms with Crippen molar-refractivity contribution in [3.8, 4) is 0 Å². The smallest absolute Gasteiger partial charge is 0.0783 e. The van der Waals surface area contributed by atoms with E-state index in [1.165, 1.54) is 37.2 Å². The van der Waals surface area contributed by atoms with Gasteiger partial charge in [0.2, 0.25) is 0 Å². The molecule has 3 rings (SSSR count). The Labute approximate surface area is 121 Å². The van der Waals surface area contributed by atoms with E-state index >= 15 is 0 Å². The standard InChI is InChI=1S/C15H27NO2S/c16-14(4-3-13-2-1-7-17-13)12-5-8-18-15(10-12)6-9-19-11-15/h12-14H,1-11,16H2. The largest absolute Gasteiger partial charge is 0.378 e. The second kappa shape index (κ2) is 6.33. The Morgan fingerprint density at radius 3 is 3.00 bits per heavy atom. The Morgan fingerprint density at radius 2 is 2.26 bits per heavy atom. The van der Waals surface area contributed by atoms with Crippen LogP contribution in [0, 0.1) is 5.92 Å². The lowest BCUT2D eigenvalue weighted by molar-refractivity contribution is -0.0839. The van der Waals surface area contributed by atoms with Crippen molar-refractivity contribution in [2.45, 2.75) is 62.7 Å². The molecule has 3 heterocycles. The molecule has 4 atom stereocenters. The fourth-order valence-corrected chi connectivity index (χ4v) is 5.16. The van der Waals surface area contributed by atoms with E-state index in [0.717, 1.165) is 32.5 Å². The zero-order valence-corrected chi connectivity index (χ0v) is 12.6. The van der Waals surface area contributed by atoms with Gasteiger partial charge in [0.15, 0.2) is 0 Å². The van der Waals surface area contributed by atoms with Gasteiger partial charge in [0.25, 0.3) is 0 Å². The van der Waals surface area contributed by atoms with Gasteiger partial charge in [-0.25, -0.2) is 0 Å². The van der Waals surface area contributed by atoms with Crippen molar-refractivity contribution in [3.05, 3.63) is 0 Å². The minimum atomic E-state index is 0.176. The van der Waals surface area contributed by atoms with Gasteiger partial charge in [-0.2, -0.15) is 11.8 Å². The molecule has 0 aliphatic carbocycles. The maximum absolute atomic E-state index is 6.46. The fourth-order valence-electron chi connectivity index (χ4n) is 3.78. The van der Waals surface area contributed by atoms with Crippen LogP contribution < -0.4 is 5.73 Å². The number of ether oxygens (including phenoxy) is 2. The van der Waals surface area contributed by atoms with Crippen LogP contribution in [0.4, 0.5) is 0 Å². The summed E-state index contributed by atoms with van der Waals surface area (Å²) < 4.78 is 11.8. The predicted octanol–water partition coefficient (Wildman–Crippen LogP) is 2.58. The molecule has 3 nitrogen and oxygen atoms in total. The Hall–Kier alpha value is 0.230. The molecule has 0 bridgehead atoms. The molecule has 0 aromatic heterocycles. The minimum absolute atomic E-state index is 0.176. The molecule has 4 unspecified atom stereocenters. The lowest BCUT2D eigenvalue weighted by Crippen LogP contribution is -2.45. The molecule has 0 saturated carbocycles. The normalized spacial score (nSPS) is 40.9. The Kier molecular flexibility index (Phi) is 4.73. The molecule has 3 fully saturated rings. The third-order valence-corrected chi connectivity index (χ3v) is 6.27. The highest BCUT2D eigenvalue weighted by Crippen LogP contribution is 2.41. The van der Waals surface area contributed by atoms with Crippen LogP contribution in [0.2, 0.25) is 0 Å².